The lowest BCUT2D eigenvalue weighted by atomic mass is 9.82. The molecule has 0 fully saturated rings. The number of fused-ring (bicyclic) bond motifs is 1. The molecule has 1 unspecified atom stereocenters. The fourth-order valence-corrected chi connectivity index (χ4v) is 4.34. The lowest BCUT2D eigenvalue weighted by Gasteiger charge is -2.30. The van der Waals surface area contributed by atoms with Crippen LogP contribution in [0, 0.1) is 3.57 Å². The quantitative estimate of drug-likeness (QED) is 0.599. The molecule has 0 aromatic heterocycles. The van der Waals surface area contributed by atoms with E-state index in [2.05, 4.69) is 77.0 Å². The molecule has 0 bridgehead atoms. The maximum absolute atomic E-state index is 5.38. The zero-order chi connectivity index (χ0) is 16.9. The third kappa shape index (κ3) is 4.31. The van der Waals surface area contributed by atoms with Crippen LogP contribution in [0.5, 0.6) is 5.75 Å². The molecule has 2 aromatic carbocycles. The van der Waals surface area contributed by atoms with E-state index < -0.39 is 0 Å². The summed E-state index contributed by atoms with van der Waals surface area (Å²) >= 11 is 2.44. The predicted octanol–water partition coefficient (Wildman–Crippen LogP) is 4.89. The monoisotopic (exact) mass is 435 g/mol. The van der Waals surface area contributed by atoms with E-state index in [1.54, 1.807) is 7.11 Å². The van der Waals surface area contributed by atoms with Crippen molar-refractivity contribution in [3.63, 3.8) is 0 Å². The van der Waals surface area contributed by atoms with E-state index in [9.17, 15) is 0 Å². The summed E-state index contributed by atoms with van der Waals surface area (Å²) < 4.78 is 6.76. The summed E-state index contributed by atoms with van der Waals surface area (Å²) in [5.41, 5.74) is 4.47. The van der Waals surface area contributed by atoms with Crippen molar-refractivity contribution in [3.8, 4) is 5.75 Å². The molecule has 0 heterocycles. The molecule has 1 aliphatic rings. The third-order valence-corrected chi connectivity index (χ3v) is 6.09. The summed E-state index contributed by atoms with van der Waals surface area (Å²) in [7, 11) is 4.01. The minimum atomic E-state index is 0.652. The molecule has 1 aliphatic carbocycles. The van der Waals surface area contributed by atoms with Crippen LogP contribution in [0.1, 0.15) is 35.4 Å². The van der Waals surface area contributed by atoms with Crippen LogP contribution in [-0.4, -0.2) is 32.1 Å². The highest BCUT2D eigenvalue weighted by Gasteiger charge is 2.21. The summed E-state index contributed by atoms with van der Waals surface area (Å²) in [5.74, 6) is 1.64. The molecule has 24 heavy (non-hydrogen) atoms. The Morgan fingerprint density at radius 2 is 2.04 bits per heavy atom. The van der Waals surface area contributed by atoms with Crippen molar-refractivity contribution in [2.75, 3.05) is 27.2 Å². The van der Waals surface area contributed by atoms with Crippen molar-refractivity contribution < 1.29 is 4.74 Å². The fraction of sp³-hybridized carbons (Fsp3) is 0.429. The van der Waals surface area contributed by atoms with Crippen LogP contribution in [-0.2, 0) is 12.8 Å². The Bertz CT molecular complexity index is 685. The molecule has 0 aliphatic heterocycles. The molecule has 2 aromatic rings. The number of halogens is 1. The van der Waals surface area contributed by atoms with Crippen LogP contribution >= 0.6 is 22.6 Å². The highest BCUT2D eigenvalue weighted by Crippen LogP contribution is 2.34. The number of aryl methyl sites for hydroxylation is 1. The van der Waals surface area contributed by atoms with Crippen molar-refractivity contribution in [2.24, 2.45) is 0 Å². The van der Waals surface area contributed by atoms with Crippen molar-refractivity contribution in [2.45, 2.75) is 31.6 Å². The average molecular weight is 435 g/mol. The molecule has 0 N–H and O–H groups in total. The summed E-state index contributed by atoms with van der Waals surface area (Å²) in [4.78, 5) is 2.49. The lowest BCUT2D eigenvalue weighted by Crippen LogP contribution is -2.28. The molecule has 128 valence electrons. The van der Waals surface area contributed by atoms with Crippen LogP contribution in [0.25, 0.3) is 0 Å². The Labute approximate surface area is 159 Å². The Balaban J connectivity index is 1.61. The number of methoxy groups -OCH3 is 1. The van der Waals surface area contributed by atoms with E-state index in [1.165, 1.54) is 39.5 Å². The number of nitrogens with zero attached hydrogens (tertiary/aromatic N) is 1. The lowest BCUT2D eigenvalue weighted by molar-refractivity contribution is 0.300. The van der Waals surface area contributed by atoms with Crippen molar-refractivity contribution in [1.29, 1.82) is 0 Å². The first-order valence-electron chi connectivity index (χ1n) is 8.76. The van der Waals surface area contributed by atoms with Crippen LogP contribution in [0.3, 0.4) is 0 Å². The first-order chi connectivity index (χ1) is 11.7. The zero-order valence-corrected chi connectivity index (χ0v) is 16.8. The van der Waals surface area contributed by atoms with Gasteiger partial charge in [-0.25, -0.2) is 0 Å². The largest absolute Gasteiger partial charge is 0.497 e. The molecule has 3 rings (SSSR count). The molecule has 2 nitrogen and oxygen atoms in total. The van der Waals surface area contributed by atoms with E-state index in [4.69, 9.17) is 4.74 Å². The highest BCUT2D eigenvalue weighted by molar-refractivity contribution is 14.1. The maximum atomic E-state index is 5.38. The molecule has 0 amide bonds. The van der Waals surface area contributed by atoms with Gasteiger partial charge in [-0.3, -0.25) is 0 Å². The first-order valence-corrected chi connectivity index (χ1v) is 9.84. The molecule has 0 saturated carbocycles. The summed E-state index contributed by atoms with van der Waals surface area (Å²) in [6.45, 7) is 2.25. The topological polar surface area (TPSA) is 12.5 Å². The molecule has 3 heteroatoms. The molecule has 0 spiro atoms. The number of hydrogen-bond acceptors (Lipinski definition) is 2. The Morgan fingerprint density at radius 3 is 2.83 bits per heavy atom. The van der Waals surface area contributed by atoms with E-state index in [0.29, 0.717) is 5.92 Å². The second-order valence-electron chi connectivity index (χ2n) is 6.76. The smallest absolute Gasteiger partial charge is 0.119 e. The van der Waals surface area contributed by atoms with E-state index in [1.807, 2.05) is 0 Å². The zero-order valence-electron chi connectivity index (χ0n) is 14.6. The molecular weight excluding hydrogens is 409 g/mol. The fourth-order valence-electron chi connectivity index (χ4n) is 3.69. The third-order valence-electron chi connectivity index (χ3n) is 5.04. The number of likely N-dealkylation sites (N-methyl/N-ethyl adjacent to an activating group) is 1. The van der Waals surface area contributed by atoms with Crippen LogP contribution < -0.4 is 4.74 Å². The Morgan fingerprint density at radius 1 is 1.21 bits per heavy atom. The van der Waals surface area contributed by atoms with Gasteiger partial charge in [0.2, 0.25) is 0 Å². The van der Waals surface area contributed by atoms with Crippen molar-refractivity contribution in [1.82, 2.24) is 4.90 Å². The SMILES string of the molecule is COc1ccc2c(c1)CCCC2CN(C)CCc1ccccc1I. The summed E-state index contributed by atoms with van der Waals surface area (Å²) in [5, 5.41) is 0. The van der Waals surface area contributed by atoms with Gasteiger partial charge in [0.1, 0.15) is 5.75 Å². The first kappa shape index (κ1) is 17.7. The summed E-state index contributed by atoms with van der Waals surface area (Å²) in [6.07, 6.45) is 4.90. The van der Waals surface area contributed by atoms with Gasteiger partial charge in [0.15, 0.2) is 0 Å². The van der Waals surface area contributed by atoms with E-state index >= 15 is 0 Å². The normalized spacial score (nSPS) is 16.9. The molecule has 1 atom stereocenters. The van der Waals surface area contributed by atoms with Gasteiger partial charge in [0.05, 0.1) is 7.11 Å². The second-order valence-corrected chi connectivity index (χ2v) is 7.92. The molecule has 0 saturated heterocycles. The Hall–Kier alpha value is -1.07. The second kappa shape index (κ2) is 8.34. The van der Waals surface area contributed by atoms with Gasteiger partial charge in [0.25, 0.3) is 0 Å². The van der Waals surface area contributed by atoms with E-state index in [0.717, 1.165) is 25.3 Å². The van der Waals surface area contributed by atoms with Crippen LogP contribution in [0.15, 0.2) is 42.5 Å². The van der Waals surface area contributed by atoms with Gasteiger partial charge < -0.3 is 9.64 Å². The molecular formula is C21H26INO. The number of hydrogen-bond donors (Lipinski definition) is 0. The standard InChI is InChI=1S/C21H26INO/c1-23(13-12-16-6-3-4-9-21(16)22)15-18-8-5-7-17-14-19(24-2)10-11-20(17)18/h3-4,6,9-11,14,18H,5,7-8,12-13,15H2,1-2H3. The van der Waals surface area contributed by atoms with Crippen LogP contribution in [0.4, 0.5) is 0 Å². The van der Waals surface area contributed by atoms with Gasteiger partial charge in [-0.05, 0) is 96.1 Å². The van der Waals surface area contributed by atoms with Gasteiger partial charge in [-0.2, -0.15) is 0 Å². The minimum Gasteiger partial charge on any atom is -0.497 e. The Kier molecular flexibility index (Phi) is 6.17. The average Bonchev–Trinajstić information content (AvgIpc) is 2.61. The van der Waals surface area contributed by atoms with Gasteiger partial charge in [-0.1, -0.05) is 24.3 Å². The van der Waals surface area contributed by atoms with E-state index in [-0.39, 0.29) is 0 Å². The summed E-state index contributed by atoms with van der Waals surface area (Å²) in [6, 6.07) is 15.3. The van der Waals surface area contributed by atoms with Crippen molar-refractivity contribution >= 4 is 22.6 Å². The molecule has 0 radical (unpaired) electrons. The highest BCUT2D eigenvalue weighted by atomic mass is 127. The number of ether oxygens (including phenoxy) is 1. The number of benzene rings is 2. The van der Waals surface area contributed by atoms with Gasteiger partial charge in [-0.15, -0.1) is 0 Å². The van der Waals surface area contributed by atoms with Crippen LogP contribution in [0.2, 0.25) is 0 Å². The predicted molar refractivity (Wildman–Crippen MR) is 109 cm³/mol. The van der Waals surface area contributed by atoms with Gasteiger partial charge in [0, 0.05) is 16.7 Å². The van der Waals surface area contributed by atoms with Gasteiger partial charge >= 0.3 is 0 Å². The maximum Gasteiger partial charge on any atom is 0.119 e. The van der Waals surface area contributed by atoms with Crippen molar-refractivity contribution in [3.05, 3.63) is 62.7 Å². The number of rotatable bonds is 6. The minimum absolute atomic E-state index is 0.652.